The molecule has 146 valence electrons. The zero-order valence-electron chi connectivity index (χ0n) is 15.9. The fraction of sp³-hybridized carbons (Fsp3) is 0.400. The molecule has 0 bridgehead atoms. The second kappa shape index (κ2) is 9.10. The molecule has 0 aliphatic heterocycles. The Labute approximate surface area is 163 Å². The number of furan rings is 1. The van der Waals surface area contributed by atoms with Crippen LogP contribution in [-0.4, -0.2) is 36.7 Å². The molecule has 1 aromatic carbocycles. The molecule has 0 fully saturated rings. The number of aromatic carboxylic acids is 1. The van der Waals surface area contributed by atoms with Gasteiger partial charge in [-0.2, -0.15) is 0 Å². The fourth-order valence-corrected chi connectivity index (χ4v) is 3.59. The first kappa shape index (κ1) is 21.1. The van der Waals surface area contributed by atoms with E-state index in [0.717, 1.165) is 4.90 Å². The largest absolute Gasteiger partial charge is 0.478 e. The molecule has 0 saturated carbocycles. The highest BCUT2D eigenvalue weighted by molar-refractivity contribution is 7.98. The number of amides is 1. The summed E-state index contributed by atoms with van der Waals surface area (Å²) in [4.78, 5) is 24.6. The number of hydrogen-bond acceptors (Lipinski definition) is 5. The molecule has 1 atom stereocenters. The summed E-state index contributed by atoms with van der Waals surface area (Å²) in [5.41, 5.74) is 0.579. The highest BCUT2D eigenvalue weighted by Crippen LogP contribution is 2.28. The van der Waals surface area contributed by atoms with Gasteiger partial charge in [0.15, 0.2) is 0 Å². The third-order valence-corrected chi connectivity index (χ3v) is 5.24. The van der Waals surface area contributed by atoms with Crippen LogP contribution in [0.1, 0.15) is 47.2 Å². The van der Waals surface area contributed by atoms with E-state index >= 15 is 0 Å². The van der Waals surface area contributed by atoms with Crippen molar-refractivity contribution in [2.45, 2.75) is 37.5 Å². The Kier molecular flexibility index (Phi) is 7.10. The fourth-order valence-electron chi connectivity index (χ4n) is 2.59. The summed E-state index contributed by atoms with van der Waals surface area (Å²) in [5, 5.41) is 12.1. The molecular formula is C20H25NO5S. The predicted octanol–water partition coefficient (Wildman–Crippen LogP) is 4.06. The first-order chi connectivity index (χ1) is 12.7. The van der Waals surface area contributed by atoms with Crippen LogP contribution in [0.25, 0.3) is 0 Å². The molecule has 7 heteroatoms. The molecule has 0 saturated heterocycles. The minimum Gasteiger partial charge on any atom is -0.478 e. The average Bonchev–Trinajstić information content (AvgIpc) is 3.08. The normalized spacial score (nSPS) is 12.6. The van der Waals surface area contributed by atoms with Crippen LogP contribution in [0.2, 0.25) is 0 Å². The molecule has 2 aromatic rings. The van der Waals surface area contributed by atoms with E-state index in [1.54, 1.807) is 19.2 Å². The van der Waals surface area contributed by atoms with Gasteiger partial charge in [-0.15, -0.1) is 11.8 Å². The van der Waals surface area contributed by atoms with Crippen molar-refractivity contribution >= 4 is 23.6 Å². The van der Waals surface area contributed by atoms with Crippen molar-refractivity contribution in [1.29, 1.82) is 0 Å². The Bertz CT molecular complexity index is 794. The highest BCUT2D eigenvalue weighted by atomic mass is 32.2. The van der Waals surface area contributed by atoms with Crippen LogP contribution in [0.15, 0.2) is 45.9 Å². The average molecular weight is 391 g/mol. The van der Waals surface area contributed by atoms with Gasteiger partial charge in [0.1, 0.15) is 11.3 Å². The number of rotatable bonds is 8. The molecule has 1 heterocycles. The molecule has 6 nitrogen and oxygen atoms in total. The second-order valence-corrected chi connectivity index (χ2v) is 8.17. The Morgan fingerprint density at radius 1 is 1.22 bits per heavy atom. The summed E-state index contributed by atoms with van der Waals surface area (Å²) < 4.78 is 10.7. The van der Waals surface area contributed by atoms with E-state index in [1.807, 2.05) is 12.1 Å². The summed E-state index contributed by atoms with van der Waals surface area (Å²) in [7, 11) is 1.63. The molecule has 0 aliphatic rings. The van der Waals surface area contributed by atoms with Gasteiger partial charge in [0.05, 0.1) is 23.7 Å². The van der Waals surface area contributed by atoms with Crippen LogP contribution in [0.3, 0.4) is 0 Å². The van der Waals surface area contributed by atoms with Crippen LogP contribution in [0, 0.1) is 5.41 Å². The Hall–Kier alpha value is -2.25. The summed E-state index contributed by atoms with van der Waals surface area (Å²) >= 11 is 1.36. The highest BCUT2D eigenvalue weighted by Gasteiger charge is 2.25. The zero-order chi connectivity index (χ0) is 20.0. The lowest BCUT2D eigenvalue weighted by molar-refractivity contribution is 0.0175. The van der Waals surface area contributed by atoms with Gasteiger partial charge in [0, 0.05) is 18.6 Å². The van der Waals surface area contributed by atoms with Crippen molar-refractivity contribution in [2.24, 2.45) is 5.41 Å². The van der Waals surface area contributed by atoms with Crippen LogP contribution >= 0.6 is 11.8 Å². The number of nitrogens with one attached hydrogen (secondary N) is 1. The lowest BCUT2D eigenvalue weighted by Crippen LogP contribution is -2.40. The van der Waals surface area contributed by atoms with E-state index in [2.05, 4.69) is 26.1 Å². The lowest BCUT2D eigenvalue weighted by atomic mass is 9.89. The molecule has 1 aromatic heterocycles. The van der Waals surface area contributed by atoms with Gasteiger partial charge in [-0.05, 0) is 23.6 Å². The molecular weight excluding hydrogens is 366 g/mol. The van der Waals surface area contributed by atoms with Gasteiger partial charge in [-0.3, -0.25) is 4.79 Å². The van der Waals surface area contributed by atoms with Crippen LogP contribution in [-0.2, 0) is 10.5 Å². The number of carboxylic acids is 1. The van der Waals surface area contributed by atoms with E-state index in [9.17, 15) is 9.59 Å². The van der Waals surface area contributed by atoms with Crippen molar-refractivity contribution < 1.29 is 23.8 Å². The van der Waals surface area contributed by atoms with E-state index in [4.69, 9.17) is 14.3 Å². The lowest BCUT2D eigenvalue weighted by Gasteiger charge is -2.29. The first-order valence-corrected chi connectivity index (χ1v) is 9.55. The van der Waals surface area contributed by atoms with Crippen LogP contribution in [0.4, 0.5) is 0 Å². The molecule has 2 N–H and O–H groups in total. The monoisotopic (exact) mass is 391 g/mol. The minimum atomic E-state index is -1.03. The maximum absolute atomic E-state index is 12.7. The molecule has 1 amide bonds. The van der Waals surface area contributed by atoms with Gasteiger partial charge in [0.2, 0.25) is 0 Å². The Morgan fingerprint density at radius 2 is 1.93 bits per heavy atom. The topological polar surface area (TPSA) is 88.8 Å². The number of hydrogen-bond donors (Lipinski definition) is 2. The quantitative estimate of drug-likeness (QED) is 0.660. The van der Waals surface area contributed by atoms with E-state index in [0.29, 0.717) is 23.6 Å². The summed E-state index contributed by atoms with van der Waals surface area (Å²) in [6, 6.07) is 8.64. The maximum atomic E-state index is 12.7. The molecule has 0 spiro atoms. The molecule has 0 aliphatic carbocycles. The standard InChI is InChI=1S/C20H25NO5S/c1-20(2,3)17(25-4)11-21-18(22)14-7-5-6-8-16(14)27-12-15-13(19(23)24)9-10-26-15/h5-10,17H,11-12H2,1-4H3,(H,21,22)(H,23,24). The van der Waals surface area contributed by atoms with Crippen molar-refractivity contribution in [3.05, 3.63) is 53.5 Å². The van der Waals surface area contributed by atoms with E-state index < -0.39 is 5.97 Å². The Morgan fingerprint density at radius 3 is 2.56 bits per heavy atom. The summed E-state index contributed by atoms with van der Waals surface area (Å²) in [6.07, 6.45) is 1.25. The third-order valence-electron chi connectivity index (χ3n) is 4.16. The Balaban J connectivity index is 2.07. The number of carboxylic acid groups (broad SMARTS) is 1. The first-order valence-electron chi connectivity index (χ1n) is 8.56. The van der Waals surface area contributed by atoms with Crippen LogP contribution in [0.5, 0.6) is 0 Å². The maximum Gasteiger partial charge on any atom is 0.339 e. The van der Waals surface area contributed by atoms with Gasteiger partial charge in [-0.1, -0.05) is 32.9 Å². The third kappa shape index (κ3) is 5.61. The number of carbonyl (C=O) groups excluding carboxylic acids is 1. The number of ether oxygens (including phenoxy) is 1. The van der Waals surface area contributed by atoms with Gasteiger partial charge in [-0.25, -0.2) is 4.79 Å². The van der Waals surface area contributed by atoms with Crippen molar-refractivity contribution in [3.63, 3.8) is 0 Å². The second-order valence-electron chi connectivity index (χ2n) is 7.15. The molecule has 27 heavy (non-hydrogen) atoms. The zero-order valence-corrected chi connectivity index (χ0v) is 16.8. The van der Waals surface area contributed by atoms with Crippen molar-refractivity contribution in [1.82, 2.24) is 5.32 Å². The van der Waals surface area contributed by atoms with Crippen molar-refractivity contribution in [2.75, 3.05) is 13.7 Å². The van der Waals surface area contributed by atoms with E-state index in [-0.39, 0.29) is 23.0 Å². The molecule has 0 radical (unpaired) electrons. The summed E-state index contributed by atoms with van der Waals surface area (Å²) in [6.45, 7) is 6.57. The SMILES string of the molecule is COC(CNC(=O)c1ccccc1SCc1occc1C(=O)O)C(C)(C)C. The number of thioether (sulfide) groups is 1. The smallest absolute Gasteiger partial charge is 0.339 e. The molecule has 1 unspecified atom stereocenters. The van der Waals surface area contributed by atoms with Gasteiger partial charge >= 0.3 is 5.97 Å². The number of benzene rings is 1. The number of methoxy groups -OCH3 is 1. The van der Waals surface area contributed by atoms with Crippen molar-refractivity contribution in [3.8, 4) is 0 Å². The van der Waals surface area contributed by atoms with Gasteiger partial charge < -0.3 is 19.6 Å². The van der Waals surface area contributed by atoms with Gasteiger partial charge in [0.25, 0.3) is 5.91 Å². The van der Waals surface area contributed by atoms with E-state index in [1.165, 1.54) is 24.1 Å². The minimum absolute atomic E-state index is 0.0944. The number of carbonyl (C=O) groups is 2. The predicted molar refractivity (Wildman–Crippen MR) is 104 cm³/mol. The summed E-state index contributed by atoms with van der Waals surface area (Å²) in [5.74, 6) is -0.530. The van der Waals surface area contributed by atoms with Crippen LogP contribution < -0.4 is 5.32 Å². The molecule has 2 rings (SSSR count).